The molecule has 3 rings (SSSR count). The summed E-state index contributed by atoms with van der Waals surface area (Å²) in [5, 5.41) is 0.519. The van der Waals surface area contributed by atoms with Crippen molar-refractivity contribution in [3.05, 3.63) is 53.8 Å². The van der Waals surface area contributed by atoms with Gasteiger partial charge < -0.3 is 4.90 Å². The van der Waals surface area contributed by atoms with E-state index in [1.54, 1.807) is 22.7 Å². The minimum atomic E-state index is -0.366. The predicted octanol–water partition coefficient (Wildman–Crippen LogP) is 4.79. The van der Waals surface area contributed by atoms with Crippen molar-refractivity contribution in [1.82, 2.24) is 9.88 Å². The summed E-state index contributed by atoms with van der Waals surface area (Å²) in [6, 6.07) is 12.4. The highest BCUT2D eigenvalue weighted by Gasteiger charge is 2.22. The van der Waals surface area contributed by atoms with Gasteiger partial charge in [-0.1, -0.05) is 17.4 Å². The molecule has 0 aliphatic carbocycles. The van der Waals surface area contributed by atoms with Crippen LogP contribution < -0.4 is 4.90 Å². The smallest absolute Gasteiger partial charge is 0.260 e. The summed E-state index contributed by atoms with van der Waals surface area (Å²) in [4.78, 5) is 22.2. The molecule has 0 aliphatic rings. The van der Waals surface area contributed by atoms with Crippen molar-refractivity contribution < 1.29 is 9.18 Å². The zero-order valence-corrected chi connectivity index (χ0v) is 17.8. The molecule has 2 aromatic carbocycles. The van der Waals surface area contributed by atoms with Gasteiger partial charge in [0.15, 0.2) is 5.13 Å². The second-order valence-corrected chi connectivity index (χ2v) is 7.96. The fourth-order valence-electron chi connectivity index (χ4n) is 2.49. The fourth-order valence-corrected chi connectivity index (χ4v) is 3.90. The van der Waals surface area contributed by atoms with Gasteiger partial charge in [0.2, 0.25) is 0 Å². The van der Waals surface area contributed by atoms with Crippen LogP contribution in [0.2, 0.25) is 0 Å². The molecule has 27 heavy (non-hydrogen) atoms. The molecule has 1 aromatic heterocycles. The molecule has 0 atom stereocenters. The summed E-state index contributed by atoms with van der Waals surface area (Å²) in [6.07, 6.45) is 2.00. The van der Waals surface area contributed by atoms with Crippen molar-refractivity contribution in [2.24, 2.45) is 0 Å². The highest BCUT2D eigenvalue weighted by Crippen LogP contribution is 2.31. The zero-order chi connectivity index (χ0) is 18.7. The van der Waals surface area contributed by atoms with Crippen LogP contribution in [0.5, 0.6) is 0 Å². The Morgan fingerprint density at radius 2 is 1.85 bits per heavy atom. The molecule has 0 saturated carbocycles. The molecular formula is C19H21ClFN3OS2. The quantitative estimate of drug-likeness (QED) is 0.532. The third kappa shape index (κ3) is 4.99. The van der Waals surface area contributed by atoms with Gasteiger partial charge >= 0.3 is 0 Å². The maximum absolute atomic E-state index is 14.0. The monoisotopic (exact) mass is 425 g/mol. The van der Waals surface area contributed by atoms with Gasteiger partial charge in [0.1, 0.15) is 11.3 Å². The number of hydrogen-bond donors (Lipinski definition) is 0. The Bertz CT molecular complexity index is 915. The van der Waals surface area contributed by atoms with Crippen molar-refractivity contribution in [2.75, 3.05) is 38.3 Å². The lowest BCUT2D eigenvalue weighted by atomic mass is 10.2. The number of thioether (sulfide) groups is 1. The fraction of sp³-hybridized carbons (Fsp3) is 0.263. The van der Waals surface area contributed by atoms with E-state index in [-0.39, 0.29) is 24.1 Å². The number of rotatable bonds is 6. The Labute approximate surface area is 172 Å². The van der Waals surface area contributed by atoms with Gasteiger partial charge in [-0.15, -0.1) is 24.2 Å². The molecule has 1 heterocycles. The SMILES string of the molecule is CSc1ccc(C(=O)N(CCN(C)C)c2nc3c(F)cccc3s2)cc1.Cl. The highest BCUT2D eigenvalue weighted by atomic mass is 35.5. The lowest BCUT2D eigenvalue weighted by Crippen LogP contribution is -2.36. The molecule has 4 nitrogen and oxygen atoms in total. The van der Waals surface area contributed by atoms with Crippen molar-refractivity contribution in [3.63, 3.8) is 0 Å². The number of aromatic nitrogens is 1. The number of hydrogen-bond acceptors (Lipinski definition) is 5. The van der Waals surface area contributed by atoms with Crippen LogP contribution in [0.3, 0.4) is 0 Å². The first-order chi connectivity index (χ1) is 12.5. The van der Waals surface area contributed by atoms with Crippen LogP contribution in [0, 0.1) is 5.82 Å². The Kier molecular flexibility index (Phi) is 7.61. The second-order valence-electron chi connectivity index (χ2n) is 6.07. The van der Waals surface area contributed by atoms with E-state index in [1.165, 1.54) is 17.4 Å². The number of nitrogens with zero attached hydrogens (tertiary/aromatic N) is 3. The molecule has 144 valence electrons. The number of fused-ring (bicyclic) bond motifs is 1. The molecule has 0 unspecified atom stereocenters. The molecule has 0 N–H and O–H groups in total. The lowest BCUT2D eigenvalue weighted by molar-refractivity contribution is 0.0985. The molecule has 3 aromatic rings. The third-order valence-corrected chi connectivity index (χ3v) is 5.73. The first-order valence-electron chi connectivity index (χ1n) is 8.15. The summed E-state index contributed by atoms with van der Waals surface area (Å²) in [7, 11) is 3.90. The first kappa shape index (κ1) is 21.6. The molecule has 0 bridgehead atoms. The number of likely N-dealkylation sites (N-methyl/N-ethyl adjacent to an activating group) is 1. The number of carbonyl (C=O) groups excluding carboxylic acids is 1. The van der Waals surface area contributed by atoms with E-state index in [9.17, 15) is 9.18 Å². The summed E-state index contributed by atoms with van der Waals surface area (Å²) in [5.41, 5.74) is 0.911. The minimum Gasteiger partial charge on any atom is -0.308 e. The summed E-state index contributed by atoms with van der Waals surface area (Å²) >= 11 is 2.96. The Balaban J connectivity index is 0.00000261. The van der Waals surface area contributed by atoms with Gasteiger partial charge in [-0.05, 0) is 56.7 Å². The molecule has 1 amide bonds. The number of anilines is 1. The molecule has 0 aliphatic heterocycles. The maximum atomic E-state index is 14.0. The molecule has 0 saturated heterocycles. The number of thiazole rings is 1. The number of carbonyl (C=O) groups is 1. The van der Waals surface area contributed by atoms with Gasteiger partial charge in [0, 0.05) is 23.5 Å². The number of benzene rings is 2. The predicted molar refractivity (Wildman–Crippen MR) is 115 cm³/mol. The molecule has 0 spiro atoms. The summed E-state index contributed by atoms with van der Waals surface area (Å²) in [6.45, 7) is 1.17. The summed E-state index contributed by atoms with van der Waals surface area (Å²) in [5.74, 6) is -0.492. The lowest BCUT2D eigenvalue weighted by Gasteiger charge is -2.22. The van der Waals surface area contributed by atoms with E-state index in [0.29, 0.717) is 29.3 Å². The van der Waals surface area contributed by atoms with Gasteiger partial charge in [-0.3, -0.25) is 9.69 Å². The molecule has 8 heteroatoms. The highest BCUT2D eigenvalue weighted by molar-refractivity contribution is 7.98. The van der Waals surface area contributed by atoms with E-state index < -0.39 is 0 Å². The van der Waals surface area contributed by atoms with Crippen LogP contribution >= 0.6 is 35.5 Å². The number of amides is 1. The van der Waals surface area contributed by atoms with E-state index in [1.807, 2.05) is 55.6 Å². The second kappa shape index (κ2) is 9.50. The summed E-state index contributed by atoms with van der Waals surface area (Å²) < 4.78 is 14.8. The van der Waals surface area contributed by atoms with Crippen molar-refractivity contribution in [2.45, 2.75) is 4.90 Å². The minimum absolute atomic E-state index is 0. The van der Waals surface area contributed by atoms with Gasteiger partial charge in [0.05, 0.1) is 4.70 Å². The van der Waals surface area contributed by atoms with Crippen LogP contribution in [0.15, 0.2) is 47.4 Å². The average molecular weight is 426 g/mol. The first-order valence-corrected chi connectivity index (χ1v) is 10.2. The number of halogens is 2. The topological polar surface area (TPSA) is 36.4 Å². The van der Waals surface area contributed by atoms with Crippen molar-refractivity contribution in [1.29, 1.82) is 0 Å². The third-order valence-electron chi connectivity index (χ3n) is 3.94. The van der Waals surface area contributed by atoms with Gasteiger partial charge in [-0.2, -0.15) is 0 Å². The zero-order valence-electron chi connectivity index (χ0n) is 15.3. The Hall–Kier alpha value is -1.67. The standard InChI is InChI=1S/C19H20FN3OS2.ClH/c1-22(2)11-12-23(18(24)13-7-9-14(25-3)10-8-13)19-21-17-15(20)5-4-6-16(17)26-19;/h4-10H,11-12H2,1-3H3;1H. The maximum Gasteiger partial charge on any atom is 0.260 e. The van der Waals surface area contributed by atoms with Crippen LogP contribution in [-0.2, 0) is 0 Å². The van der Waals surface area contributed by atoms with Crippen molar-refractivity contribution in [3.8, 4) is 0 Å². The molecule has 0 fully saturated rings. The average Bonchev–Trinajstić information content (AvgIpc) is 3.07. The molecule has 0 radical (unpaired) electrons. The van der Waals surface area contributed by atoms with Gasteiger partial charge in [-0.25, -0.2) is 9.37 Å². The van der Waals surface area contributed by atoms with Gasteiger partial charge in [0.25, 0.3) is 5.91 Å². The van der Waals surface area contributed by atoms with E-state index in [4.69, 9.17) is 0 Å². The van der Waals surface area contributed by atoms with Crippen LogP contribution in [-0.4, -0.2) is 49.2 Å². The van der Waals surface area contributed by atoms with Crippen LogP contribution in [0.1, 0.15) is 10.4 Å². The Morgan fingerprint density at radius 1 is 1.15 bits per heavy atom. The number of para-hydroxylation sites is 1. The van der Waals surface area contributed by atoms with E-state index in [0.717, 1.165) is 9.60 Å². The molecular weight excluding hydrogens is 405 g/mol. The van der Waals surface area contributed by atoms with Crippen LogP contribution in [0.25, 0.3) is 10.2 Å². The largest absolute Gasteiger partial charge is 0.308 e. The van der Waals surface area contributed by atoms with Crippen molar-refractivity contribution >= 4 is 56.8 Å². The van der Waals surface area contributed by atoms with E-state index in [2.05, 4.69) is 4.98 Å². The normalized spacial score (nSPS) is 10.9. The van der Waals surface area contributed by atoms with Crippen LogP contribution in [0.4, 0.5) is 9.52 Å². The Morgan fingerprint density at radius 3 is 2.44 bits per heavy atom. The van der Waals surface area contributed by atoms with E-state index >= 15 is 0 Å².